The van der Waals surface area contributed by atoms with Crippen LogP contribution in [0.4, 0.5) is 5.69 Å². The Kier molecular flexibility index (Phi) is 4.90. The highest BCUT2D eigenvalue weighted by atomic mass is 32.2. The van der Waals surface area contributed by atoms with E-state index in [0.717, 1.165) is 6.26 Å². The van der Waals surface area contributed by atoms with Crippen LogP contribution in [0.15, 0.2) is 29.2 Å². The van der Waals surface area contributed by atoms with E-state index in [9.17, 15) is 13.2 Å². The van der Waals surface area contributed by atoms with E-state index in [-0.39, 0.29) is 4.90 Å². The first-order valence-corrected chi connectivity index (χ1v) is 7.60. The van der Waals surface area contributed by atoms with Crippen LogP contribution in [-0.2, 0) is 14.6 Å². The van der Waals surface area contributed by atoms with Crippen LogP contribution in [-0.4, -0.2) is 50.0 Å². The summed E-state index contributed by atoms with van der Waals surface area (Å²) in [6.45, 7) is 1.63. The van der Waals surface area contributed by atoms with Crippen molar-refractivity contribution >= 4 is 21.5 Å². The van der Waals surface area contributed by atoms with Gasteiger partial charge in [-0.05, 0) is 31.2 Å². The molecule has 1 unspecified atom stereocenters. The highest BCUT2D eigenvalue weighted by Crippen LogP contribution is 2.20. The predicted octanol–water partition coefficient (Wildman–Crippen LogP) is 0.362. The minimum Gasteiger partial charge on any atom is -0.480 e. The van der Waals surface area contributed by atoms with Gasteiger partial charge in [0.1, 0.15) is 0 Å². The summed E-state index contributed by atoms with van der Waals surface area (Å²) in [6, 6.07) is 4.86. The first-order valence-electron chi connectivity index (χ1n) is 5.71. The second-order valence-corrected chi connectivity index (χ2v) is 6.10. The highest BCUT2D eigenvalue weighted by molar-refractivity contribution is 7.90. The smallest absolute Gasteiger partial charge is 0.328 e. The maximum absolute atomic E-state index is 11.3. The molecule has 0 saturated carbocycles. The van der Waals surface area contributed by atoms with Crippen LogP contribution in [0, 0.1) is 0 Å². The minimum absolute atomic E-state index is 0.170. The number of aliphatic hydroxyl groups excluding tert-OH is 1. The van der Waals surface area contributed by atoms with Gasteiger partial charge in [-0.3, -0.25) is 0 Å². The van der Waals surface area contributed by atoms with Crippen molar-refractivity contribution in [3.63, 3.8) is 0 Å². The average Bonchev–Trinajstić information content (AvgIpc) is 2.34. The van der Waals surface area contributed by atoms with Gasteiger partial charge in [-0.1, -0.05) is 0 Å². The Morgan fingerprint density at radius 3 is 2.16 bits per heavy atom. The Morgan fingerprint density at radius 2 is 1.84 bits per heavy atom. The molecule has 0 heterocycles. The number of benzene rings is 1. The fourth-order valence-electron chi connectivity index (χ4n) is 1.78. The van der Waals surface area contributed by atoms with Crippen molar-refractivity contribution in [3.05, 3.63) is 24.3 Å². The van der Waals surface area contributed by atoms with E-state index in [0.29, 0.717) is 12.2 Å². The molecule has 0 bridgehead atoms. The van der Waals surface area contributed by atoms with Gasteiger partial charge in [-0.25, -0.2) is 13.2 Å². The third-order valence-electron chi connectivity index (χ3n) is 2.77. The van der Waals surface area contributed by atoms with E-state index in [2.05, 4.69) is 0 Å². The molecule has 0 fully saturated rings. The van der Waals surface area contributed by atoms with E-state index in [4.69, 9.17) is 10.2 Å². The Labute approximate surface area is 112 Å². The lowest BCUT2D eigenvalue weighted by Gasteiger charge is -2.28. The summed E-state index contributed by atoms with van der Waals surface area (Å²) in [7, 11) is -3.28. The number of anilines is 1. The van der Waals surface area contributed by atoms with Gasteiger partial charge in [0.05, 0.1) is 11.5 Å². The largest absolute Gasteiger partial charge is 0.480 e. The van der Waals surface area contributed by atoms with Crippen molar-refractivity contribution < 1.29 is 23.4 Å². The fourth-order valence-corrected chi connectivity index (χ4v) is 2.41. The summed E-state index contributed by atoms with van der Waals surface area (Å²) in [5, 5.41) is 18.1. The number of carboxylic acid groups (broad SMARTS) is 1. The molecule has 6 nitrogen and oxygen atoms in total. The van der Waals surface area contributed by atoms with E-state index in [1.807, 2.05) is 0 Å². The molecule has 0 amide bonds. The Morgan fingerprint density at radius 1 is 1.32 bits per heavy atom. The van der Waals surface area contributed by atoms with Gasteiger partial charge in [0.2, 0.25) is 0 Å². The monoisotopic (exact) mass is 287 g/mol. The van der Waals surface area contributed by atoms with Crippen molar-refractivity contribution in [2.45, 2.75) is 17.9 Å². The third kappa shape index (κ3) is 3.68. The number of hydrogen-bond donors (Lipinski definition) is 2. The molecule has 1 aromatic carbocycles. The van der Waals surface area contributed by atoms with Crippen LogP contribution in [0.1, 0.15) is 6.92 Å². The number of carbonyl (C=O) groups is 1. The zero-order chi connectivity index (χ0) is 14.6. The topological polar surface area (TPSA) is 94.9 Å². The molecule has 0 aliphatic rings. The lowest BCUT2D eigenvalue weighted by Crippen LogP contribution is -2.43. The highest BCUT2D eigenvalue weighted by Gasteiger charge is 2.24. The Bertz CT molecular complexity index is 538. The van der Waals surface area contributed by atoms with Crippen LogP contribution < -0.4 is 4.90 Å². The number of sulfone groups is 1. The van der Waals surface area contributed by atoms with Crippen molar-refractivity contribution in [1.82, 2.24) is 0 Å². The summed E-state index contributed by atoms with van der Waals surface area (Å²) < 4.78 is 22.7. The zero-order valence-corrected chi connectivity index (χ0v) is 11.6. The molecule has 0 aromatic heterocycles. The first-order chi connectivity index (χ1) is 8.81. The molecule has 0 aliphatic carbocycles. The van der Waals surface area contributed by atoms with Crippen LogP contribution in [0.25, 0.3) is 0 Å². The van der Waals surface area contributed by atoms with E-state index in [1.54, 1.807) is 6.92 Å². The summed E-state index contributed by atoms with van der Waals surface area (Å²) in [4.78, 5) is 12.7. The molecule has 7 heteroatoms. The summed E-state index contributed by atoms with van der Waals surface area (Å²) in [5.74, 6) is -1.13. The van der Waals surface area contributed by atoms with Crippen LogP contribution in [0.3, 0.4) is 0 Å². The van der Waals surface area contributed by atoms with E-state index >= 15 is 0 Å². The maximum atomic E-state index is 11.3. The van der Waals surface area contributed by atoms with Gasteiger partial charge in [-0.2, -0.15) is 0 Å². The normalized spacial score (nSPS) is 13.0. The number of rotatable bonds is 6. The standard InChI is InChI=1S/C12H17NO5S/c1-3-13(11(8-14)12(15)16)9-4-6-10(7-5-9)19(2,17)18/h4-7,11,14H,3,8H2,1-2H3,(H,15,16). The predicted molar refractivity (Wildman–Crippen MR) is 71.1 cm³/mol. The molecule has 19 heavy (non-hydrogen) atoms. The summed E-state index contributed by atoms with van der Waals surface area (Å²) in [5.41, 5.74) is 0.552. The summed E-state index contributed by atoms with van der Waals surface area (Å²) in [6.07, 6.45) is 1.10. The van der Waals surface area contributed by atoms with Crippen LogP contribution in [0.5, 0.6) is 0 Å². The van der Waals surface area contributed by atoms with Crippen molar-refractivity contribution in [2.75, 3.05) is 24.3 Å². The second kappa shape index (κ2) is 6.03. The SMILES string of the molecule is CCN(c1ccc(S(C)(=O)=O)cc1)C(CO)C(=O)O. The molecule has 1 rings (SSSR count). The molecule has 0 spiro atoms. The molecule has 0 aliphatic heterocycles. The van der Waals surface area contributed by atoms with Gasteiger partial charge in [0.25, 0.3) is 0 Å². The number of aliphatic hydroxyl groups is 1. The lowest BCUT2D eigenvalue weighted by molar-refractivity contribution is -0.139. The van der Waals surface area contributed by atoms with Crippen LogP contribution >= 0.6 is 0 Å². The van der Waals surface area contributed by atoms with Gasteiger partial charge >= 0.3 is 5.97 Å². The zero-order valence-electron chi connectivity index (χ0n) is 10.8. The molecule has 2 N–H and O–H groups in total. The van der Waals surface area contributed by atoms with Crippen molar-refractivity contribution in [1.29, 1.82) is 0 Å². The number of hydrogen-bond acceptors (Lipinski definition) is 5. The molecular formula is C12H17NO5S. The molecule has 0 saturated heterocycles. The minimum atomic E-state index is -3.28. The quantitative estimate of drug-likeness (QED) is 0.784. The van der Waals surface area contributed by atoms with E-state index in [1.165, 1.54) is 29.2 Å². The lowest BCUT2D eigenvalue weighted by atomic mass is 10.2. The van der Waals surface area contributed by atoms with Gasteiger partial charge in [-0.15, -0.1) is 0 Å². The summed E-state index contributed by atoms with van der Waals surface area (Å²) >= 11 is 0. The number of aliphatic carboxylic acids is 1. The Hall–Kier alpha value is -1.60. The fraction of sp³-hybridized carbons (Fsp3) is 0.417. The van der Waals surface area contributed by atoms with Crippen LogP contribution in [0.2, 0.25) is 0 Å². The number of likely N-dealkylation sites (N-methyl/N-ethyl adjacent to an activating group) is 1. The average molecular weight is 287 g/mol. The second-order valence-electron chi connectivity index (χ2n) is 4.09. The van der Waals surface area contributed by atoms with Gasteiger partial charge in [0.15, 0.2) is 15.9 Å². The molecule has 1 aromatic rings. The number of carboxylic acids is 1. The number of nitrogens with zero attached hydrogens (tertiary/aromatic N) is 1. The third-order valence-corrected chi connectivity index (χ3v) is 3.90. The van der Waals surface area contributed by atoms with Gasteiger partial charge < -0.3 is 15.1 Å². The molecule has 0 radical (unpaired) electrons. The maximum Gasteiger partial charge on any atom is 0.328 e. The molecular weight excluding hydrogens is 270 g/mol. The molecule has 106 valence electrons. The van der Waals surface area contributed by atoms with Crippen molar-refractivity contribution in [2.24, 2.45) is 0 Å². The van der Waals surface area contributed by atoms with Gasteiger partial charge in [0, 0.05) is 18.5 Å². The Balaban J connectivity index is 3.10. The molecule has 1 atom stereocenters. The van der Waals surface area contributed by atoms with E-state index < -0.39 is 28.5 Å². The van der Waals surface area contributed by atoms with Crippen molar-refractivity contribution in [3.8, 4) is 0 Å². The first kappa shape index (κ1) is 15.5.